The fourth-order valence-corrected chi connectivity index (χ4v) is 1.13. The molecule has 0 saturated heterocycles. The predicted octanol–water partition coefficient (Wildman–Crippen LogP) is 0.916. The van der Waals surface area contributed by atoms with Gasteiger partial charge in [-0.1, -0.05) is 6.92 Å². The van der Waals surface area contributed by atoms with Crippen LogP contribution < -0.4 is 5.73 Å². The van der Waals surface area contributed by atoms with E-state index in [1.807, 2.05) is 20.8 Å². The summed E-state index contributed by atoms with van der Waals surface area (Å²) in [5, 5.41) is 9.08. The van der Waals surface area contributed by atoms with Crippen LogP contribution in [0.5, 0.6) is 0 Å². The van der Waals surface area contributed by atoms with Crippen LogP contribution in [0.1, 0.15) is 33.6 Å². The Labute approximate surface area is 92.7 Å². The van der Waals surface area contributed by atoms with Gasteiger partial charge in [0.2, 0.25) is 0 Å². The lowest BCUT2D eigenvalue weighted by molar-refractivity contribution is -0.0459. The van der Waals surface area contributed by atoms with E-state index in [-0.39, 0.29) is 24.4 Å². The van der Waals surface area contributed by atoms with E-state index < -0.39 is 0 Å². The van der Waals surface area contributed by atoms with Crippen LogP contribution in [-0.2, 0) is 9.47 Å². The number of ether oxygens (including phenoxy) is 2. The van der Waals surface area contributed by atoms with Crippen molar-refractivity contribution in [1.82, 2.24) is 0 Å². The predicted molar refractivity (Wildman–Crippen MR) is 60.8 cm³/mol. The molecule has 0 aliphatic carbocycles. The Bertz CT molecular complexity index is 162. The minimum absolute atomic E-state index is 0.0254. The number of nitrogens with two attached hydrogens (primary N) is 1. The SMILES string of the molecule is CCC(N)C(CO)OCCC(C)(C)OC. The van der Waals surface area contributed by atoms with Crippen molar-refractivity contribution in [2.75, 3.05) is 20.3 Å². The zero-order valence-electron chi connectivity index (χ0n) is 10.3. The Morgan fingerprint density at radius 2 is 2.00 bits per heavy atom. The molecule has 0 radical (unpaired) electrons. The van der Waals surface area contributed by atoms with Crippen molar-refractivity contribution < 1.29 is 14.6 Å². The zero-order valence-corrected chi connectivity index (χ0v) is 10.3. The Kier molecular flexibility index (Phi) is 7.09. The summed E-state index contributed by atoms with van der Waals surface area (Å²) in [6, 6.07) is -0.0966. The molecule has 0 bridgehead atoms. The topological polar surface area (TPSA) is 64.7 Å². The number of hydrogen-bond acceptors (Lipinski definition) is 4. The third-order valence-electron chi connectivity index (χ3n) is 2.72. The van der Waals surface area contributed by atoms with Crippen LogP contribution in [0.15, 0.2) is 0 Å². The molecule has 0 aromatic heterocycles. The van der Waals surface area contributed by atoms with Gasteiger partial charge in [-0.05, 0) is 26.7 Å². The Hall–Kier alpha value is -0.160. The van der Waals surface area contributed by atoms with Gasteiger partial charge < -0.3 is 20.3 Å². The summed E-state index contributed by atoms with van der Waals surface area (Å²) in [5.74, 6) is 0. The molecule has 0 spiro atoms. The zero-order chi connectivity index (χ0) is 11.9. The van der Waals surface area contributed by atoms with E-state index in [1.54, 1.807) is 7.11 Å². The van der Waals surface area contributed by atoms with Gasteiger partial charge >= 0.3 is 0 Å². The first-order chi connectivity index (χ1) is 6.96. The molecular weight excluding hydrogens is 194 g/mol. The van der Waals surface area contributed by atoms with E-state index >= 15 is 0 Å². The van der Waals surface area contributed by atoms with Gasteiger partial charge in [-0.15, -0.1) is 0 Å². The summed E-state index contributed by atoms with van der Waals surface area (Å²) < 4.78 is 10.8. The molecule has 3 N–H and O–H groups in total. The second-order valence-corrected chi connectivity index (χ2v) is 4.38. The first-order valence-corrected chi connectivity index (χ1v) is 5.50. The summed E-state index contributed by atoms with van der Waals surface area (Å²) in [4.78, 5) is 0. The summed E-state index contributed by atoms with van der Waals surface area (Å²) in [6.45, 7) is 6.52. The second-order valence-electron chi connectivity index (χ2n) is 4.38. The number of aliphatic hydroxyl groups excluding tert-OH is 1. The molecule has 0 aliphatic heterocycles. The molecule has 2 unspecified atom stereocenters. The van der Waals surface area contributed by atoms with E-state index in [4.69, 9.17) is 20.3 Å². The summed E-state index contributed by atoms with van der Waals surface area (Å²) in [5.41, 5.74) is 5.61. The standard InChI is InChI=1S/C11H25NO3/c1-5-9(12)10(8-13)15-7-6-11(2,3)14-4/h9-10,13H,5-8,12H2,1-4H3. The van der Waals surface area contributed by atoms with Gasteiger partial charge in [-0.3, -0.25) is 0 Å². The smallest absolute Gasteiger partial charge is 0.0955 e. The van der Waals surface area contributed by atoms with Gasteiger partial charge in [0.05, 0.1) is 18.3 Å². The minimum Gasteiger partial charge on any atom is -0.394 e. The first kappa shape index (κ1) is 14.8. The third kappa shape index (κ3) is 6.10. The highest BCUT2D eigenvalue weighted by Gasteiger charge is 2.19. The van der Waals surface area contributed by atoms with E-state index in [1.165, 1.54) is 0 Å². The fraction of sp³-hybridized carbons (Fsp3) is 1.00. The van der Waals surface area contributed by atoms with Crippen molar-refractivity contribution in [2.45, 2.75) is 51.4 Å². The molecule has 2 atom stereocenters. The average molecular weight is 219 g/mol. The van der Waals surface area contributed by atoms with Crippen LogP contribution in [0.4, 0.5) is 0 Å². The minimum atomic E-state index is -0.261. The summed E-state index contributed by atoms with van der Waals surface area (Å²) in [6.07, 6.45) is 1.33. The molecule has 0 heterocycles. The van der Waals surface area contributed by atoms with Crippen LogP contribution in [0.2, 0.25) is 0 Å². The maximum absolute atomic E-state index is 9.08. The van der Waals surface area contributed by atoms with Gasteiger partial charge in [0, 0.05) is 19.8 Å². The van der Waals surface area contributed by atoms with E-state index in [2.05, 4.69) is 0 Å². The van der Waals surface area contributed by atoms with E-state index in [9.17, 15) is 0 Å². The number of methoxy groups -OCH3 is 1. The maximum atomic E-state index is 9.08. The molecule has 0 aliphatic rings. The van der Waals surface area contributed by atoms with Crippen molar-refractivity contribution >= 4 is 0 Å². The highest BCUT2D eigenvalue weighted by Crippen LogP contribution is 2.13. The number of rotatable bonds is 8. The van der Waals surface area contributed by atoms with Crippen molar-refractivity contribution in [1.29, 1.82) is 0 Å². The van der Waals surface area contributed by atoms with E-state index in [0.29, 0.717) is 6.61 Å². The van der Waals surface area contributed by atoms with Crippen molar-refractivity contribution in [3.05, 3.63) is 0 Å². The van der Waals surface area contributed by atoms with Crippen LogP contribution in [0.25, 0.3) is 0 Å². The first-order valence-electron chi connectivity index (χ1n) is 5.50. The van der Waals surface area contributed by atoms with E-state index in [0.717, 1.165) is 12.8 Å². The van der Waals surface area contributed by atoms with Crippen LogP contribution in [-0.4, -0.2) is 43.2 Å². The molecular formula is C11H25NO3. The van der Waals surface area contributed by atoms with Gasteiger partial charge in [0.1, 0.15) is 0 Å². The molecule has 15 heavy (non-hydrogen) atoms. The molecule has 0 saturated carbocycles. The Morgan fingerprint density at radius 1 is 1.40 bits per heavy atom. The Morgan fingerprint density at radius 3 is 2.40 bits per heavy atom. The highest BCUT2D eigenvalue weighted by molar-refractivity contribution is 4.72. The largest absolute Gasteiger partial charge is 0.394 e. The van der Waals surface area contributed by atoms with Gasteiger partial charge in [-0.25, -0.2) is 0 Å². The summed E-state index contributed by atoms with van der Waals surface area (Å²) in [7, 11) is 1.68. The molecule has 0 aromatic rings. The second kappa shape index (κ2) is 7.17. The molecule has 0 aromatic carbocycles. The van der Waals surface area contributed by atoms with Gasteiger partial charge in [-0.2, -0.15) is 0 Å². The lowest BCUT2D eigenvalue weighted by atomic mass is 10.1. The number of aliphatic hydroxyl groups is 1. The van der Waals surface area contributed by atoms with Crippen LogP contribution >= 0.6 is 0 Å². The van der Waals surface area contributed by atoms with Crippen LogP contribution in [0.3, 0.4) is 0 Å². The Balaban J connectivity index is 3.82. The van der Waals surface area contributed by atoms with Crippen molar-refractivity contribution in [3.8, 4) is 0 Å². The molecule has 0 rings (SSSR count). The monoisotopic (exact) mass is 219 g/mol. The normalized spacial score (nSPS) is 16.4. The lowest BCUT2D eigenvalue weighted by Crippen LogP contribution is -2.39. The molecule has 92 valence electrons. The highest BCUT2D eigenvalue weighted by atomic mass is 16.5. The van der Waals surface area contributed by atoms with Crippen LogP contribution in [0, 0.1) is 0 Å². The third-order valence-corrected chi connectivity index (χ3v) is 2.72. The molecule has 4 nitrogen and oxygen atoms in total. The quantitative estimate of drug-likeness (QED) is 0.637. The summed E-state index contributed by atoms with van der Waals surface area (Å²) >= 11 is 0. The maximum Gasteiger partial charge on any atom is 0.0955 e. The van der Waals surface area contributed by atoms with Crippen molar-refractivity contribution in [2.24, 2.45) is 5.73 Å². The lowest BCUT2D eigenvalue weighted by Gasteiger charge is -2.26. The fourth-order valence-electron chi connectivity index (χ4n) is 1.13. The van der Waals surface area contributed by atoms with Gasteiger partial charge in [0.25, 0.3) is 0 Å². The van der Waals surface area contributed by atoms with Gasteiger partial charge in [0.15, 0.2) is 0 Å². The molecule has 0 fully saturated rings. The average Bonchev–Trinajstić information content (AvgIpc) is 2.23. The molecule has 0 amide bonds. The van der Waals surface area contributed by atoms with Crippen molar-refractivity contribution in [3.63, 3.8) is 0 Å². The number of hydrogen-bond donors (Lipinski definition) is 2. The molecule has 4 heteroatoms.